The summed E-state index contributed by atoms with van der Waals surface area (Å²) >= 11 is 12.4. The van der Waals surface area contributed by atoms with Gasteiger partial charge in [0.15, 0.2) is 5.69 Å². The first kappa shape index (κ1) is 33.5. The van der Waals surface area contributed by atoms with Crippen LogP contribution in [0.1, 0.15) is 99.0 Å². The molecular formula is C29H37Cl2F3N4O5. The summed E-state index contributed by atoms with van der Waals surface area (Å²) in [4.78, 5) is 31.1. The molecule has 0 bridgehead atoms. The smallest absolute Gasteiger partial charge is 0.433 e. The number of aromatic nitrogens is 3. The number of rotatable bonds is 9. The Labute approximate surface area is 258 Å². The number of hydrogen-bond donors (Lipinski definition) is 2. The maximum absolute atomic E-state index is 14.6. The zero-order valence-corrected chi connectivity index (χ0v) is 25.6. The summed E-state index contributed by atoms with van der Waals surface area (Å²) in [5.74, 6) is -1.79. The van der Waals surface area contributed by atoms with Gasteiger partial charge in [-0.25, -0.2) is 0 Å². The molecule has 9 nitrogen and oxygen atoms in total. The molecule has 0 aromatic carbocycles. The Kier molecular flexibility index (Phi) is 10.7. The van der Waals surface area contributed by atoms with Crippen molar-refractivity contribution in [3.63, 3.8) is 0 Å². The van der Waals surface area contributed by atoms with Gasteiger partial charge in [-0.1, -0.05) is 23.2 Å². The molecule has 0 radical (unpaired) electrons. The summed E-state index contributed by atoms with van der Waals surface area (Å²) in [5.41, 5.74) is -2.52. The van der Waals surface area contributed by atoms with E-state index in [1.165, 1.54) is 17.3 Å². The quantitative estimate of drug-likeness (QED) is 0.320. The van der Waals surface area contributed by atoms with Crippen LogP contribution in [0.3, 0.4) is 0 Å². The van der Waals surface area contributed by atoms with Crippen molar-refractivity contribution in [2.45, 2.75) is 89.1 Å². The molecule has 0 saturated heterocycles. The lowest BCUT2D eigenvalue weighted by Crippen LogP contribution is -2.41. The van der Waals surface area contributed by atoms with Gasteiger partial charge >= 0.3 is 12.1 Å². The average Bonchev–Trinajstić information content (AvgIpc) is 3.40. The topological polar surface area (TPSA) is 118 Å². The number of aliphatic hydroxyl groups excluding tert-OH is 1. The van der Waals surface area contributed by atoms with Crippen molar-refractivity contribution in [2.75, 3.05) is 19.7 Å². The summed E-state index contributed by atoms with van der Waals surface area (Å²) in [6.45, 7) is 3.34. The lowest BCUT2D eigenvalue weighted by atomic mass is 9.79. The number of ether oxygens (including phenoxy) is 1. The van der Waals surface area contributed by atoms with E-state index in [4.69, 9.17) is 27.9 Å². The summed E-state index contributed by atoms with van der Waals surface area (Å²) < 4.78 is 49.7. The van der Waals surface area contributed by atoms with E-state index in [1.807, 2.05) is 0 Å². The number of amides is 1. The van der Waals surface area contributed by atoms with Crippen LogP contribution in [0.2, 0.25) is 10.0 Å². The van der Waals surface area contributed by atoms with E-state index in [2.05, 4.69) is 10.1 Å². The maximum Gasteiger partial charge on any atom is 0.433 e. The molecule has 2 heterocycles. The highest BCUT2D eigenvalue weighted by Crippen LogP contribution is 2.40. The van der Waals surface area contributed by atoms with Gasteiger partial charge in [0.1, 0.15) is 0 Å². The van der Waals surface area contributed by atoms with Crippen molar-refractivity contribution in [1.82, 2.24) is 19.7 Å². The van der Waals surface area contributed by atoms with Crippen LogP contribution in [0, 0.1) is 11.8 Å². The second kappa shape index (κ2) is 13.7. The van der Waals surface area contributed by atoms with Crippen LogP contribution in [-0.2, 0) is 15.7 Å². The van der Waals surface area contributed by atoms with Crippen molar-refractivity contribution < 1.29 is 37.7 Å². The van der Waals surface area contributed by atoms with E-state index < -0.39 is 41.1 Å². The third-order valence-electron chi connectivity index (χ3n) is 8.52. The first-order valence-electron chi connectivity index (χ1n) is 14.5. The predicted octanol–water partition coefficient (Wildman–Crippen LogP) is 6.02. The molecule has 43 heavy (non-hydrogen) atoms. The molecule has 4 rings (SSSR count). The molecular weight excluding hydrogens is 612 g/mol. The molecule has 238 valence electrons. The van der Waals surface area contributed by atoms with Crippen LogP contribution in [-0.4, -0.2) is 67.1 Å². The largest absolute Gasteiger partial charge is 0.466 e. The SMILES string of the molecule is CCOC(=O)[C@H]1CC[C@H](n2ncc(C(=O)N(CC3CCC(C)(O)CC3)CC(O)c3c(Cl)cncc3Cl)c2C(F)(F)F)CC1. The van der Waals surface area contributed by atoms with Crippen molar-refractivity contribution >= 4 is 35.1 Å². The zero-order valence-electron chi connectivity index (χ0n) is 24.1. The van der Waals surface area contributed by atoms with Crippen molar-refractivity contribution in [1.29, 1.82) is 0 Å². The molecule has 0 aliphatic heterocycles. The van der Waals surface area contributed by atoms with Gasteiger partial charge in [0.05, 0.1) is 58.6 Å². The summed E-state index contributed by atoms with van der Waals surface area (Å²) in [7, 11) is 0. The molecule has 0 spiro atoms. The standard InChI is InChI=1S/C29H37Cl2F3N4O5/c1-3-43-27(41)18-4-6-19(7-5-18)38-25(29(32,33)34)20(12-36-38)26(40)37(15-17-8-10-28(2,42)11-9-17)16-23(39)24-21(30)13-35-14-22(24)31/h12-14,17-19,23,39,42H,3-11,15-16H2,1-2H3/t17?,18-,19-,23?,28?. The molecule has 1 atom stereocenters. The lowest BCUT2D eigenvalue weighted by Gasteiger charge is -2.36. The van der Waals surface area contributed by atoms with Gasteiger partial charge in [-0.2, -0.15) is 18.3 Å². The Bertz CT molecular complexity index is 1270. The second-order valence-electron chi connectivity index (χ2n) is 11.8. The van der Waals surface area contributed by atoms with Gasteiger partial charge in [-0.3, -0.25) is 19.3 Å². The Hall–Kier alpha value is -2.41. The maximum atomic E-state index is 14.6. The Balaban J connectivity index is 1.62. The van der Waals surface area contributed by atoms with Gasteiger partial charge < -0.3 is 19.8 Å². The van der Waals surface area contributed by atoms with E-state index in [0.717, 1.165) is 10.9 Å². The molecule has 2 fully saturated rings. The molecule has 2 saturated carbocycles. The van der Waals surface area contributed by atoms with Gasteiger partial charge in [0.2, 0.25) is 0 Å². The van der Waals surface area contributed by atoms with E-state index in [0.29, 0.717) is 38.5 Å². The zero-order chi connectivity index (χ0) is 31.5. The Morgan fingerprint density at radius 3 is 2.28 bits per heavy atom. The van der Waals surface area contributed by atoms with Crippen LogP contribution in [0.15, 0.2) is 18.6 Å². The number of hydrogen-bond acceptors (Lipinski definition) is 7. The lowest BCUT2D eigenvalue weighted by molar-refractivity contribution is -0.151. The summed E-state index contributed by atoms with van der Waals surface area (Å²) in [6, 6.07) is -0.655. The summed E-state index contributed by atoms with van der Waals surface area (Å²) in [5, 5.41) is 25.6. The fraction of sp³-hybridized carbons (Fsp3) is 0.655. The Morgan fingerprint density at radius 1 is 1.12 bits per heavy atom. The monoisotopic (exact) mass is 648 g/mol. The number of halogens is 5. The number of aliphatic hydroxyl groups is 2. The van der Waals surface area contributed by atoms with Crippen LogP contribution >= 0.6 is 23.2 Å². The van der Waals surface area contributed by atoms with Crippen LogP contribution in [0.5, 0.6) is 0 Å². The van der Waals surface area contributed by atoms with E-state index in [9.17, 15) is 33.0 Å². The van der Waals surface area contributed by atoms with Gasteiger partial charge in [-0.05, 0) is 71.1 Å². The summed E-state index contributed by atoms with van der Waals surface area (Å²) in [6.07, 6.45) is 0.491. The molecule has 1 unspecified atom stereocenters. The third kappa shape index (κ3) is 8.01. The highest BCUT2D eigenvalue weighted by molar-refractivity contribution is 6.35. The van der Waals surface area contributed by atoms with Gasteiger partial charge in [0, 0.05) is 24.5 Å². The van der Waals surface area contributed by atoms with E-state index >= 15 is 0 Å². The van der Waals surface area contributed by atoms with E-state index in [1.54, 1.807) is 13.8 Å². The Morgan fingerprint density at radius 2 is 1.72 bits per heavy atom. The molecule has 2 aromatic heterocycles. The number of pyridine rings is 1. The number of nitrogens with zero attached hydrogens (tertiary/aromatic N) is 4. The van der Waals surface area contributed by atoms with Crippen LogP contribution < -0.4 is 0 Å². The second-order valence-corrected chi connectivity index (χ2v) is 12.6. The molecule has 2 aliphatic rings. The minimum Gasteiger partial charge on any atom is -0.466 e. The highest BCUT2D eigenvalue weighted by Gasteiger charge is 2.44. The fourth-order valence-electron chi connectivity index (χ4n) is 6.14. The normalized spacial score (nSPS) is 25.3. The molecule has 2 aliphatic carbocycles. The van der Waals surface area contributed by atoms with E-state index in [-0.39, 0.29) is 66.0 Å². The number of carbonyl (C=O) groups is 2. The highest BCUT2D eigenvalue weighted by atomic mass is 35.5. The molecule has 2 aromatic rings. The van der Waals surface area contributed by atoms with Crippen molar-refractivity contribution in [3.8, 4) is 0 Å². The fourth-order valence-corrected chi connectivity index (χ4v) is 6.76. The van der Waals surface area contributed by atoms with Crippen molar-refractivity contribution in [2.24, 2.45) is 11.8 Å². The molecule has 2 N–H and O–H groups in total. The van der Waals surface area contributed by atoms with Gasteiger partial charge in [0.25, 0.3) is 5.91 Å². The number of carbonyl (C=O) groups excluding carboxylic acids is 2. The predicted molar refractivity (Wildman–Crippen MR) is 153 cm³/mol. The average molecular weight is 650 g/mol. The van der Waals surface area contributed by atoms with Gasteiger partial charge in [-0.15, -0.1) is 0 Å². The number of alkyl halides is 3. The first-order valence-corrected chi connectivity index (χ1v) is 15.3. The first-order chi connectivity index (χ1) is 20.2. The third-order valence-corrected chi connectivity index (χ3v) is 9.12. The number of esters is 1. The van der Waals surface area contributed by atoms with Crippen LogP contribution in [0.4, 0.5) is 13.2 Å². The molecule has 1 amide bonds. The minimum atomic E-state index is -4.90. The molecule has 14 heteroatoms. The minimum absolute atomic E-state index is 0.0550. The van der Waals surface area contributed by atoms with Crippen LogP contribution in [0.25, 0.3) is 0 Å². The van der Waals surface area contributed by atoms with Crippen molar-refractivity contribution in [3.05, 3.63) is 45.5 Å².